The lowest BCUT2D eigenvalue weighted by Crippen LogP contribution is -2.51. The van der Waals surface area contributed by atoms with E-state index in [1.807, 2.05) is 18.2 Å². The molecule has 4 fully saturated rings. The van der Waals surface area contributed by atoms with E-state index < -0.39 is 0 Å². The number of aryl methyl sites for hydroxylation is 1. The highest BCUT2D eigenvalue weighted by atomic mass is 19.1. The Kier molecular flexibility index (Phi) is 7.70. The lowest BCUT2D eigenvalue weighted by Gasteiger charge is -2.51. The van der Waals surface area contributed by atoms with Crippen molar-refractivity contribution in [2.75, 3.05) is 51.4 Å². The predicted octanol–water partition coefficient (Wildman–Crippen LogP) is 4.37. The Hall–Kier alpha value is -3.68. The van der Waals surface area contributed by atoms with Crippen molar-refractivity contribution in [2.24, 2.45) is 11.3 Å². The predicted molar refractivity (Wildman–Crippen MR) is 161 cm³/mol. The standard InChI is InChI=1S/C34H35FN4O4/c1-22-11-26(6-7-29(22)35)38-33-28-13-25(12-27(40)3-2-8-39-17-31-32(18-39)43-10-9-42-31)24(14-30(28)36-21-37-33)5-4-23-15-34(16-23)19-41-20-34/h2-3,6-7,11,13-14,21,23,31-32H,8-10,12,15-20H2,1H3,(H,36,37,38)/b3-2+. The number of ketones is 1. The van der Waals surface area contributed by atoms with Crippen LogP contribution in [0.5, 0.6) is 0 Å². The molecule has 1 N–H and O–H groups in total. The number of nitrogens with one attached hydrogen (secondary N) is 1. The van der Waals surface area contributed by atoms with Crippen LogP contribution in [0.15, 0.2) is 48.8 Å². The monoisotopic (exact) mass is 582 g/mol. The van der Waals surface area contributed by atoms with E-state index >= 15 is 0 Å². The highest BCUT2D eigenvalue weighted by Gasteiger charge is 2.49. The Morgan fingerprint density at radius 1 is 1.14 bits per heavy atom. The van der Waals surface area contributed by atoms with Crippen LogP contribution in [0.3, 0.4) is 0 Å². The normalized spacial score (nSPS) is 23.0. The molecule has 2 aromatic carbocycles. The molecular formula is C34H35FN4O4. The Morgan fingerprint density at radius 3 is 2.65 bits per heavy atom. The van der Waals surface area contributed by atoms with Crippen LogP contribution in [-0.2, 0) is 25.4 Å². The number of likely N-dealkylation sites (tertiary alicyclic amines) is 1. The number of hydrogen-bond donors (Lipinski definition) is 1. The molecule has 1 spiro atoms. The van der Waals surface area contributed by atoms with Crippen molar-refractivity contribution in [3.05, 3.63) is 71.3 Å². The van der Waals surface area contributed by atoms with E-state index in [0.717, 1.165) is 66.9 Å². The van der Waals surface area contributed by atoms with Gasteiger partial charge in [0.1, 0.15) is 18.0 Å². The number of allylic oxidation sites excluding steroid dienone is 1. The summed E-state index contributed by atoms with van der Waals surface area (Å²) in [6, 6.07) is 8.76. The Bertz CT molecular complexity index is 1620. The number of aromatic nitrogens is 2. The van der Waals surface area contributed by atoms with Crippen LogP contribution in [0.1, 0.15) is 29.5 Å². The first-order valence-corrected chi connectivity index (χ1v) is 15.0. The molecule has 222 valence electrons. The molecule has 2 atom stereocenters. The second kappa shape index (κ2) is 11.8. The number of hydrogen-bond acceptors (Lipinski definition) is 8. The fraction of sp³-hybridized carbons (Fsp3) is 0.441. The maximum atomic E-state index is 13.9. The highest BCUT2D eigenvalue weighted by Crippen LogP contribution is 2.50. The van der Waals surface area contributed by atoms with Gasteiger partial charge in [-0.2, -0.15) is 0 Å². The van der Waals surface area contributed by atoms with Gasteiger partial charge in [0, 0.05) is 54.0 Å². The third-order valence-corrected chi connectivity index (χ3v) is 8.94. The van der Waals surface area contributed by atoms with Crippen LogP contribution in [-0.4, -0.2) is 78.9 Å². The molecule has 3 saturated heterocycles. The van der Waals surface area contributed by atoms with Crippen LogP contribution < -0.4 is 5.32 Å². The molecule has 1 aliphatic carbocycles. The highest BCUT2D eigenvalue weighted by molar-refractivity contribution is 5.96. The summed E-state index contributed by atoms with van der Waals surface area (Å²) in [4.78, 5) is 24.4. The zero-order chi connectivity index (χ0) is 29.4. The Balaban J connectivity index is 1.12. The molecule has 4 heterocycles. The largest absolute Gasteiger partial charge is 0.380 e. The molecule has 0 bridgehead atoms. The van der Waals surface area contributed by atoms with Gasteiger partial charge in [0.05, 0.1) is 44.2 Å². The molecule has 3 aliphatic heterocycles. The number of carbonyl (C=O) groups is 1. The van der Waals surface area contributed by atoms with Gasteiger partial charge in [0.2, 0.25) is 0 Å². The van der Waals surface area contributed by atoms with E-state index in [1.54, 1.807) is 25.1 Å². The SMILES string of the molecule is Cc1cc(Nc2ncnc3cc(C#CC4CC5(COC5)C4)c(CC(=O)/C=C/CN4CC5OCCOC5C4)cc23)ccc1F. The van der Waals surface area contributed by atoms with E-state index in [0.29, 0.717) is 42.5 Å². The van der Waals surface area contributed by atoms with Gasteiger partial charge in [-0.1, -0.05) is 17.9 Å². The second-order valence-electron chi connectivity index (χ2n) is 12.3. The summed E-state index contributed by atoms with van der Waals surface area (Å²) in [7, 11) is 0. The first kappa shape index (κ1) is 28.1. The zero-order valence-corrected chi connectivity index (χ0v) is 24.3. The van der Waals surface area contributed by atoms with Crippen molar-refractivity contribution in [3.8, 4) is 11.8 Å². The minimum Gasteiger partial charge on any atom is -0.380 e. The molecule has 1 aromatic heterocycles. The molecule has 4 aliphatic rings. The first-order chi connectivity index (χ1) is 20.9. The molecule has 0 radical (unpaired) electrons. The van der Waals surface area contributed by atoms with Gasteiger partial charge in [-0.15, -0.1) is 0 Å². The van der Waals surface area contributed by atoms with Gasteiger partial charge < -0.3 is 19.5 Å². The topological polar surface area (TPSA) is 85.8 Å². The number of nitrogens with zero attached hydrogens (tertiary/aromatic N) is 3. The smallest absolute Gasteiger partial charge is 0.159 e. The Morgan fingerprint density at radius 2 is 1.93 bits per heavy atom. The molecule has 43 heavy (non-hydrogen) atoms. The van der Waals surface area contributed by atoms with E-state index in [1.165, 1.54) is 12.4 Å². The van der Waals surface area contributed by atoms with Crippen LogP contribution in [0.4, 0.5) is 15.9 Å². The van der Waals surface area contributed by atoms with Crippen LogP contribution in [0.2, 0.25) is 0 Å². The molecule has 2 unspecified atom stereocenters. The van der Waals surface area contributed by atoms with Crippen molar-refractivity contribution in [3.63, 3.8) is 0 Å². The van der Waals surface area contributed by atoms with E-state index in [2.05, 4.69) is 32.0 Å². The third-order valence-electron chi connectivity index (χ3n) is 8.94. The van der Waals surface area contributed by atoms with Crippen molar-refractivity contribution < 1.29 is 23.4 Å². The van der Waals surface area contributed by atoms with E-state index in [9.17, 15) is 9.18 Å². The summed E-state index contributed by atoms with van der Waals surface area (Å²) in [5, 5.41) is 4.08. The van der Waals surface area contributed by atoms with Gasteiger partial charge in [0.15, 0.2) is 5.78 Å². The lowest BCUT2D eigenvalue weighted by atomic mass is 9.61. The summed E-state index contributed by atoms with van der Waals surface area (Å²) in [6.45, 7) is 6.98. The van der Waals surface area contributed by atoms with Crippen molar-refractivity contribution in [1.82, 2.24) is 14.9 Å². The fourth-order valence-electron chi connectivity index (χ4n) is 6.53. The van der Waals surface area contributed by atoms with Crippen molar-refractivity contribution in [1.29, 1.82) is 0 Å². The maximum absolute atomic E-state index is 13.9. The number of halogens is 1. The van der Waals surface area contributed by atoms with Crippen LogP contribution in [0.25, 0.3) is 10.9 Å². The summed E-state index contributed by atoms with van der Waals surface area (Å²) in [5.41, 5.74) is 3.96. The zero-order valence-electron chi connectivity index (χ0n) is 24.3. The minimum atomic E-state index is -0.262. The number of anilines is 2. The molecule has 9 heteroatoms. The van der Waals surface area contributed by atoms with Crippen LogP contribution in [0, 0.1) is 35.9 Å². The van der Waals surface area contributed by atoms with Gasteiger partial charge >= 0.3 is 0 Å². The summed E-state index contributed by atoms with van der Waals surface area (Å²) in [6.07, 6.45) is 7.65. The number of carbonyl (C=O) groups excluding carboxylic acids is 1. The lowest BCUT2D eigenvalue weighted by molar-refractivity contribution is -0.169. The number of fused-ring (bicyclic) bond motifs is 2. The Labute approximate surface area is 250 Å². The molecular weight excluding hydrogens is 547 g/mol. The van der Waals surface area contributed by atoms with Gasteiger partial charge in [-0.25, -0.2) is 14.4 Å². The number of rotatable bonds is 7. The van der Waals surface area contributed by atoms with Crippen LogP contribution >= 0.6 is 0 Å². The molecule has 1 saturated carbocycles. The molecule has 3 aromatic rings. The quantitative estimate of drug-likeness (QED) is 0.325. The number of benzene rings is 2. The molecule has 7 rings (SSSR count). The van der Waals surface area contributed by atoms with Gasteiger partial charge in [-0.3, -0.25) is 9.69 Å². The minimum absolute atomic E-state index is 0.00115. The van der Waals surface area contributed by atoms with Crippen molar-refractivity contribution in [2.45, 2.75) is 38.4 Å². The summed E-state index contributed by atoms with van der Waals surface area (Å²) >= 11 is 0. The van der Waals surface area contributed by atoms with E-state index in [4.69, 9.17) is 14.2 Å². The average molecular weight is 583 g/mol. The fourth-order valence-corrected chi connectivity index (χ4v) is 6.53. The summed E-state index contributed by atoms with van der Waals surface area (Å²) in [5.74, 6) is 7.50. The molecule has 8 nitrogen and oxygen atoms in total. The second-order valence-corrected chi connectivity index (χ2v) is 12.3. The first-order valence-electron chi connectivity index (χ1n) is 15.0. The van der Waals surface area contributed by atoms with E-state index in [-0.39, 0.29) is 30.2 Å². The van der Waals surface area contributed by atoms with Crippen molar-refractivity contribution >= 4 is 28.2 Å². The summed E-state index contributed by atoms with van der Waals surface area (Å²) < 4.78 is 30.9. The molecule has 0 amide bonds. The van der Waals surface area contributed by atoms with Gasteiger partial charge in [0.25, 0.3) is 0 Å². The number of ether oxygens (including phenoxy) is 3. The average Bonchev–Trinajstić information content (AvgIpc) is 3.37. The third kappa shape index (κ3) is 6.06. The van der Waals surface area contributed by atoms with Gasteiger partial charge in [-0.05, 0) is 67.3 Å². The maximum Gasteiger partial charge on any atom is 0.159 e.